The number of aromatic hydroxyl groups is 1. The first-order valence-electron chi connectivity index (χ1n) is 5.92. The standard InChI is InChI=1S/C13H15NO4S/c15-10-3-1-9(2-4-10)7-11(16)14-13(12(17)18)5-6-19-8-13/h1-4,15H,5-8H2,(H,14,16)(H,17,18). The Hall–Kier alpha value is -1.69. The highest BCUT2D eigenvalue weighted by molar-refractivity contribution is 7.99. The molecular weight excluding hydrogens is 266 g/mol. The molecule has 1 atom stereocenters. The molecule has 19 heavy (non-hydrogen) atoms. The molecule has 102 valence electrons. The molecule has 1 saturated heterocycles. The minimum Gasteiger partial charge on any atom is -0.508 e. The van der Waals surface area contributed by atoms with E-state index in [1.54, 1.807) is 12.1 Å². The molecule has 0 bridgehead atoms. The lowest BCUT2D eigenvalue weighted by molar-refractivity contribution is -0.146. The number of carboxylic acids is 1. The van der Waals surface area contributed by atoms with Gasteiger partial charge in [0.05, 0.1) is 6.42 Å². The number of phenols is 1. The van der Waals surface area contributed by atoms with Crippen LogP contribution in [0.25, 0.3) is 0 Å². The van der Waals surface area contributed by atoms with Gasteiger partial charge in [-0.05, 0) is 29.9 Å². The van der Waals surface area contributed by atoms with Gasteiger partial charge >= 0.3 is 5.97 Å². The van der Waals surface area contributed by atoms with E-state index in [0.717, 1.165) is 11.3 Å². The zero-order valence-electron chi connectivity index (χ0n) is 10.3. The molecule has 1 fully saturated rings. The van der Waals surface area contributed by atoms with Gasteiger partial charge in [-0.3, -0.25) is 4.79 Å². The number of thioether (sulfide) groups is 1. The summed E-state index contributed by atoms with van der Waals surface area (Å²) in [7, 11) is 0. The molecule has 6 heteroatoms. The number of phenolic OH excluding ortho intramolecular Hbond substituents is 1. The number of aliphatic carboxylic acids is 1. The smallest absolute Gasteiger partial charge is 0.330 e. The summed E-state index contributed by atoms with van der Waals surface area (Å²) in [5, 5.41) is 21.0. The van der Waals surface area contributed by atoms with E-state index in [2.05, 4.69) is 5.32 Å². The van der Waals surface area contributed by atoms with Crippen molar-refractivity contribution >= 4 is 23.6 Å². The third kappa shape index (κ3) is 3.20. The molecule has 0 saturated carbocycles. The van der Waals surface area contributed by atoms with Crippen LogP contribution < -0.4 is 5.32 Å². The highest BCUT2D eigenvalue weighted by atomic mass is 32.2. The van der Waals surface area contributed by atoms with Crippen LogP contribution in [-0.4, -0.2) is 39.1 Å². The van der Waals surface area contributed by atoms with E-state index in [4.69, 9.17) is 5.11 Å². The fourth-order valence-electron chi connectivity index (χ4n) is 2.00. The van der Waals surface area contributed by atoms with Crippen LogP contribution in [0.15, 0.2) is 24.3 Å². The quantitative estimate of drug-likeness (QED) is 0.767. The Balaban J connectivity index is 2.00. The Labute approximate surface area is 115 Å². The van der Waals surface area contributed by atoms with Gasteiger partial charge in [-0.15, -0.1) is 0 Å². The maximum absolute atomic E-state index is 11.9. The van der Waals surface area contributed by atoms with Gasteiger partial charge in [0.1, 0.15) is 11.3 Å². The molecule has 1 amide bonds. The number of benzene rings is 1. The second kappa shape index (κ2) is 5.52. The van der Waals surface area contributed by atoms with Crippen molar-refractivity contribution in [1.29, 1.82) is 0 Å². The van der Waals surface area contributed by atoms with Gasteiger partial charge in [0.2, 0.25) is 5.91 Å². The van der Waals surface area contributed by atoms with Crippen molar-refractivity contribution in [3.63, 3.8) is 0 Å². The van der Waals surface area contributed by atoms with Gasteiger partial charge < -0.3 is 15.5 Å². The molecule has 1 aliphatic rings. The topological polar surface area (TPSA) is 86.6 Å². The number of hydrogen-bond donors (Lipinski definition) is 3. The average molecular weight is 281 g/mol. The van der Waals surface area contributed by atoms with E-state index >= 15 is 0 Å². The number of hydrogen-bond acceptors (Lipinski definition) is 4. The summed E-state index contributed by atoms with van der Waals surface area (Å²) in [5.74, 6) is 0.000572. The molecule has 0 spiro atoms. The van der Waals surface area contributed by atoms with Crippen molar-refractivity contribution in [2.45, 2.75) is 18.4 Å². The van der Waals surface area contributed by atoms with E-state index in [0.29, 0.717) is 12.2 Å². The van der Waals surface area contributed by atoms with Crippen molar-refractivity contribution in [1.82, 2.24) is 5.32 Å². The summed E-state index contributed by atoms with van der Waals surface area (Å²) < 4.78 is 0. The van der Waals surface area contributed by atoms with Crippen molar-refractivity contribution < 1.29 is 19.8 Å². The molecule has 1 unspecified atom stereocenters. The van der Waals surface area contributed by atoms with E-state index < -0.39 is 11.5 Å². The first-order valence-corrected chi connectivity index (χ1v) is 7.07. The Bertz CT molecular complexity index is 480. The minimum atomic E-state index is -1.13. The van der Waals surface area contributed by atoms with E-state index in [1.165, 1.54) is 23.9 Å². The number of rotatable bonds is 4. The molecule has 1 aliphatic heterocycles. The second-order valence-corrected chi connectivity index (χ2v) is 5.69. The summed E-state index contributed by atoms with van der Waals surface area (Å²) in [4.78, 5) is 23.2. The van der Waals surface area contributed by atoms with Crippen molar-refractivity contribution in [3.05, 3.63) is 29.8 Å². The van der Waals surface area contributed by atoms with Crippen LogP contribution in [-0.2, 0) is 16.0 Å². The number of carbonyl (C=O) groups is 2. The molecule has 1 aromatic carbocycles. The summed E-state index contributed by atoms with van der Waals surface area (Å²) in [6.07, 6.45) is 0.564. The number of amides is 1. The lowest BCUT2D eigenvalue weighted by Crippen LogP contribution is -2.55. The SMILES string of the molecule is O=C(Cc1ccc(O)cc1)NC1(C(=O)O)CCSC1. The minimum absolute atomic E-state index is 0.111. The number of nitrogens with one attached hydrogen (secondary N) is 1. The van der Waals surface area contributed by atoms with E-state index in [-0.39, 0.29) is 18.1 Å². The molecule has 1 aromatic rings. The summed E-state index contributed by atoms with van der Waals surface area (Å²) in [6, 6.07) is 6.29. The molecule has 2 rings (SSSR count). The van der Waals surface area contributed by atoms with Crippen molar-refractivity contribution in [2.24, 2.45) is 0 Å². The Morgan fingerprint density at radius 3 is 2.53 bits per heavy atom. The second-order valence-electron chi connectivity index (χ2n) is 4.58. The van der Waals surface area contributed by atoms with E-state index in [1.807, 2.05) is 0 Å². The Kier molecular flexibility index (Phi) is 3.99. The first kappa shape index (κ1) is 13.7. The maximum atomic E-state index is 11.9. The van der Waals surface area contributed by atoms with Crippen LogP contribution in [0.3, 0.4) is 0 Å². The van der Waals surface area contributed by atoms with Gasteiger partial charge in [0.15, 0.2) is 0 Å². The predicted molar refractivity (Wildman–Crippen MR) is 72.3 cm³/mol. The van der Waals surface area contributed by atoms with Crippen LogP contribution in [0, 0.1) is 0 Å². The van der Waals surface area contributed by atoms with Crippen molar-refractivity contribution in [2.75, 3.05) is 11.5 Å². The fourth-order valence-corrected chi connectivity index (χ4v) is 3.32. The zero-order chi connectivity index (χ0) is 13.9. The van der Waals surface area contributed by atoms with Gasteiger partial charge in [-0.2, -0.15) is 11.8 Å². The number of carboxylic acid groups (broad SMARTS) is 1. The molecule has 1 heterocycles. The van der Waals surface area contributed by atoms with Gasteiger partial charge in [-0.1, -0.05) is 12.1 Å². The molecule has 3 N–H and O–H groups in total. The molecule has 0 aliphatic carbocycles. The van der Waals surface area contributed by atoms with Crippen LogP contribution in [0.5, 0.6) is 5.75 Å². The molecular formula is C13H15NO4S. The number of carbonyl (C=O) groups excluding carboxylic acids is 1. The van der Waals surface area contributed by atoms with Crippen molar-refractivity contribution in [3.8, 4) is 5.75 Å². The third-order valence-corrected chi connectivity index (χ3v) is 4.30. The Morgan fingerprint density at radius 1 is 1.32 bits per heavy atom. The molecule has 5 nitrogen and oxygen atoms in total. The zero-order valence-corrected chi connectivity index (χ0v) is 11.1. The lowest BCUT2D eigenvalue weighted by atomic mass is 9.98. The predicted octanol–water partition coefficient (Wildman–Crippen LogP) is 1.01. The molecule has 0 aromatic heterocycles. The lowest BCUT2D eigenvalue weighted by Gasteiger charge is -2.24. The van der Waals surface area contributed by atoms with Gasteiger partial charge in [-0.25, -0.2) is 4.79 Å². The van der Waals surface area contributed by atoms with Crippen LogP contribution in [0.4, 0.5) is 0 Å². The highest BCUT2D eigenvalue weighted by Gasteiger charge is 2.43. The highest BCUT2D eigenvalue weighted by Crippen LogP contribution is 2.28. The normalized spacial score (nSPS) is 22.1. The molecule has 0 radical (unpaired) electrons. The van der Waals surface area contributed by atoms with Gasteiger partial charge in [0.25, 0.3) is 0 Å². The summed E-state index contributed by atoms with van der Waals surface area (Å²) in [5.41, 5.74) is -0.389. The fraction of sp³-hybridized carbons (Fsp3) is 0.385. The first-order chi connectivity index (χ1) is 9.02. The monoisotopic (exact) mass is 281 g/mol. The third-order valence-electron chi connectivity index (χ3n) is 3.11. The summed E-state index contributed by atoms with van der Waals surface area (Å²) >= 11 is 1.53. The van der Waals surface area contributed by atoms with Gasteiger partial charge in [0, 0.05) is 5.75 Å². The largest absolute Gasteiger partial charge is 0.508 e. The summed E-state index contributed by atoms with van der Waals surface area (Å²) in [6.45, 7) is 0. The van der Waals surface area contributed by atoms with E-state index in [9.17, 15) is 14.7 Å². The average Bonchev–Trinajstić information content (AvgIpc) is 2.82. The maximum Gasteiger partial charge on any atom is 0.330 e. The Morgan fingerprint density at radius 2 is 2.00 bits per heavy atom. The van der Waals surface area contributed by atoms with Crippen LogP contribution >= 0.6 is 11.8 Å². The van der Waals surface area contributed by atoms with Crippen LogP contribution in [0.2, 0.25) is 0 Å². The van der Waals surface area contributed by atoms with Crippen LogP contribution in [0.1, 0.15) is 12.0 Å².